The quantitative estimate of drug-likeness (QED) is 0.148. The van der Waals surface area contributed by atoms with Gasteiger partial charge in [0.2, 0.25) is 0 Å². The van der Waals surface area contributed by atoms with Crippen molar-refractivity contribution in [1.82, 2.24) is 0 Å². The number of hydrogen-bond donors (Lipinski definition) is 0. The molecule has 0 amide bonds. The van der Waals surface area contributed by atoms with Gasteiger partial charge < -0.3 is 4.90 Å². The summed E-state index contributed by atoms with van der Waals surface area (Å²) in [7, 11) is 0. The molecule has 0 radical (unpaired) electrons. The van der Waals surface area contributed by atoms with E-state index < -0.39 is 5.41 Å². The highest BCUT2D eigenvalue weighted by Gasteiger charge is 2.46. The maximum atomic E-state index is 2.42. The fourth-order valence-electron chi connectivity index (χ4n) is 10.3. The smallest absolute Gasteiger partial charge is 0.0713 e. The molecular weight excluding hydrogens is 771 g/mol. The minimum Gasteiger partial charge on any atom is -0.310 e. The molecule has 0 atom stereocenters. The van der Waals surface area contributed by atoms with Crippen molar-refractivity contribution in [3.63, 3.8) is 0 Å². The highest BCUT2D eigenvalue weighted by molar-refractivity contribution is 5.97. The Morgan fingerprint density at radius 1 is 0.250 bits per heavy atom. The molecule has 1 nitrogen and oxygen atoms in total. The Labute approximate surface area is 374 Å². The van der Waals surface area contributed by atoms with Crippen molar-refractivity contribution in [3.8, 4) is 44.5 Å². The van der Waals surface area contributed by atoms with Gasteiger partial charge in [-0.2, -0.15) is 0 Å². The van der Waals surface area contributed by atoms with Gasteiger partial charge in [-0.15, -0.1) is 0 Å². The van der Waals surface area contributed by atoms with Gasteiger partial charge in [0.1, 0.15) is 0 Å². The first-order chi connectivity index (χ1) is 31.7. The molecule has 0 saturated carbocycles. The van der Waals surface area contributed by atoms with Crippen LogP contribution in [0, 0.1) is 0 Å². The van der Waals surface area contributed by atoms with E-state index in [1.54, 1.807) is 0 Å². The Morgan fingerprint density at radius 3 is 1.47 bits per heavy atom. The van der Waals surface area contributed by atoms with E-state index in [9.17, 15) is 0 Å². The number of benzene rings is 11. The van der Waals surface area contributed by atoms with Gasteiger partial charge in [-0.25, -0.2) is 0 Å². The molecule has 0 unspecified atom stereocenters. The average Bonchev–Trinajstić information content (AvgIpc) is 3.67. The molecule has 64 heavy (non-hydrogen) atoms. The second-order valence-electron chi connectivity index (χ2n) is 16.9. The second-order valence-corrected chi connectivity index (χ2v) is 16.9. The molecule has 0 heterocycles. The highest BCUT2D eigenvalue weighted by Crippen LogP contribution is 2.57. The lowest BCUT2D eigenvalue weighted by Crippen LogP contribution is -2.28. The van der Waals surface area contributed by atoms with Gasteiger partial charge in [0.05, 0.1) is 5.41 Å². The van der Waals surface area contributed by atoms with Gasteiger partial charge in [-0.1, -0.05) is 212 Å². The van der Waals surface area contributed by atoms with Gasteiger partial charge >= 0.3 is 0 Å². The first-order valence-electron chi connectivity index (χ1n) is 22.2. The van der Waals surface area contributed by atoms with Crippen molar-refractivity contribution >= 4 is 38.6 Å². The fraction of sp³-hybridized carbons (Fsp3) is 0.0159. The van der Waals surface area contributed by atoms with E-state index in [1.165, 1.54) is 88.3 Å². The molecular formula is C63H43N. The van der Waals surface area contributed by atoms with Crippen LogP contribution in [-0.4, -0.2) is 0 Å². The van der Waals surface area contributed by atoms with Crippen molar-refractivity contribution in [2.45, 2.75) is 5.41 Å². The third-order valence-electron chi connectivity index (χ3n) is 13.3. The summed E-state index contributed by atoms with van der Waals surface area (Å²) in [5, 5.41) is 5.01. The third-order valence-corrected chi connectivity index (χ3v) is 13.3. The Hall–Kier alpha value is -8.26. The SMILES string of the molecule is c1ccc(C2(c3ccccc3)c3ccccc3-c3cc(N(c4ccc(-c5cccc(-c6cccc7ccccc67)c5)cc4)c4ccc(-c5ccc6ccccc6c5)cc4)ccc32)cc1. The molecule has 0 bridgehead atoms. The van der Waals surface area contributed by atoms with Crippen molar-refractivity contribution in [3.05, 3.63) is 283 Å². The zero-order chi connectivity index (χ0) is 42.5. The van der Waals surface area contributed by atoms with Crippen LogP contribution in [-0.2, 0) is 5.41 Å². The van der Waals surface area contributed by atoms with E-state index >= 15 is 0 Å². The number of rotatable bonds is 8. The first kappa shape index (κ1) is 37.5. The summed E-state index contributed by atoms with van der Waals surface area (Å²) in [5.41, 5.74) is 17.7. The number of nitrogens with zero attached hydrogens (tertiary/aromatic N) is 1. The van der Waals surface area contributed by atoms with Gasteiger partial charge in [0.15, 0.2) is 0 Å². The van der Waals surface area contributed by atoms with Crippen molar-refractivity contribution in [1.29, 1.82) is 0 Å². The van der Waals surface area contributed by atoms with Crippen molar-refractivity contribution in [2.75, 3.05) is 4.90 Å². The third kappa shape index (κ3) is 6.24. The first-order valence-corrected chi connectivity index (χ1v) is 22.2. The van der Waals surface area contributed by atoms with Crippen LogP contribution in [0.1, 0.15) is 22.3 Å². The van der Waals surface area contributed by atoms with E-state index in [1.807, 2.05) is 0 Å². The van der Waals surface area contributed by atoms with Crippen LogP contribution in [0.2, 0.25) is 0 Å². The lowest BCUT2D eigenvalue weighted by molar-refractivity contribution is 0.768. The Bertz CT molecular complexity index is 3430. The van der Waals surface area contributed by atoms with E-state index in [0.29, 0.717) is 0 Å². The molecule has 0 aliphatic heterocycles. The van der Waals surface area contributed by atoms with Gasteiger partial charge in [0.25, 0.3) is 0 Å². The van der Waals surface area contributed by atoms with Crippen LogP contribution >= 0.6 is 0 Å². The van der Waals surface area contributed by atoms with Crippen LogP contribution in [0.4, 0.5) is 17.1 Å². The standard InChI is InChI=1S/C63H43N/c1-3-21-52(22-4-1)63(53-23-5-2-6-24-53)61-28-12-11-26-59(61)60-43-56(39-40-62(60)63)64(55-37-33-46(34-38-55)50-30-29-44-15-7-8-17-48(44)41-50)54-35-31-45(32-36-54)49-19-13-20-51(42-49)58-27-14-18-47-16-9-10-25-57(47)58/h1-43H. The Balaban J connectivity index is 0.990. The molecule has 1 aliphatic rings. The fourth-order valence-corrected chi connectivity index (χ4v) is 10.3. The normalized spacial score (nSPS) is 12.5. The highest BCUT2D eigenvalue weighted by atomic mass is 15.1. The van der Waals surface area contributed by atoms with E-state index in [4.69, 9.17) is 0 Å². The Kier molecular flexibility index (Phi) is 9.13. The maximum Gasteiger partial charge on any atom is 0.0713 e. The summed E-state index contributed by atoms with van der Waals surface area (Å²) >= 11 is 0. The molecule has 300 valence electrons. The van der Waals surface area contributed by atoms with Gasteiger partial charge in [-0.05, 0) is 137 Å². The number of hydrogen-bond acceptors (Lipinski definition) is 1. The summed E-state index contributed by atoms with van der Waals surface area (Å²) < 4.78 is 0. The lowest BCUT2D eigenvalue weighted by Gasteiger charge is -2.34. The molecule has 0 saturated heterocycles. The average molecular weight is 814 g/mol. The Morgan fingerprint density at radius 2 is 0.750 bits per heavy atom. The zero-order valence-electron chi connectivity index (χ0n) is 35.3. The molecule has 0 fully saturated rings. The van der Waals surface area contributed by atoms with Crippen molar-refractivity contribution < 1.29 is 0 Å². The summed E-state index contributed by atoms with van der Waals surface area (Å²) in [6, 6.07) is 95.8. The summed E-state index contributed by atoms with van der Waals surface area (Å²) in [5.74, 6) is 0. The summed E-state index contributed by atoms with van der Waals surface area (Å²) in [6.07, 6.45) is 0. The molecule has 11 aromatic carbocycles. The minimum absolute atomic E-state index is 0.457. The van der Waals surface area contributed by atoms with Gasteiger partial charge in [0, 0.05) is 17.1 Å². The van der Waals surface area contributed by atoms with Crippen LogP contribution < -0.4 is 4.90 Å². The van der Waals surface area contributed by atoms with E-state index in [2.05, 4.69) is 266 Å². The number of anilines is 3. The molecule has 0 aromatic heterocycles. The van der Waals surface area contributed by atoms with Crippen LogP contribution in [0.3, 0.4) is 0 Å². The molecule has 0 N–H and O–H groups in total. The minimum atomic E-state index is -0.457. The largest absolute Gasteiger partial charge is 0.310 e. The van der Waals surface area contributed by atoms with Crippen LogP contribution in [0.15, 0.2) is 261 Å². The van der Waals surface area contributed by atoms with E-state index in [-0.39, 0.29) is 0 Å². The predicted molar refractivity (Wildman–Crippen MR) is 270 cm³/mol. The zero-order valence-corrected chi connectivity index (χ0v) is 35.3. The summed E-state index contributed by atoms with van der Waals surface area (Å²) in [4.78, 5) is 2.41. The number of fused-ring (bicyclic) bond motifs is 5. The molecule has 1 aliphatic carbocycles. The topological polar surface area (TPSA) is 3.24 Å². The van der Waals surface area contributed by atoms with E-state index in [0.717, 1.165) is 17.1 Å². The lowest BCUT2D eigenvalue weighted by atomic mass is 9.68. The molecule has 11 aromatic rings. The second kappa shape index (κ2) is 15.6. The summed E-state index contributed by atoms with van der Waals surface area (Å²) in [6.45, 7) is 0. The molecule has 1 heteroatoms. The molecule has 12 rings (SSSR count). The van der Waals surface area contributed by atoms with Crippen molar-refractivity contribution in [2.24, 2.45) is 0 Å². The monoisotopic (exact) mass is 813 g/mol. The maximum absolute atomic E-state index is 2.42. The molecule has 0 spiro atoms. The predicted octanol–water partition coefficient (Wildman–Crippen LogP) is 16.8. The van der Waals surface area contributed by atoms with Crippen LogP contribution in [0.25, 0.3) is 66.1 Å². The van der Waals surface area contributed by atoms with Crippen LogP contribution in [0.5, 0.6) is 0 Å². The van der Waals surface area contributed by atoms with Gasteiger partial charge in [-0.3, -0.25) is 0 Å².